The first kappa shape index (κ1) is 18.0. The number of carbonyl (C=O) groups is 2. The summed E-state index contributed by atoms with van der Waals surface area (Å²) in [5.74, 6) is -0.0967. The standard InChI is InChI=1S/C18H19BrN2O3/c1-3-10-24-16-9-8-14(11-15(16)19)18(23)21-20-17(22)13-6-4-12(2)5-7-13/h4-9,11H,3,10H2,1-2H3,(H,20,22)(H,21,23). The van der Waals surface area contributed by atoms with Crippen molar-refractivity contribution in [1.82, 2.24) is 10.9 Å². The molecule has 0 aliphatic heterocycles. The minimum atomic E-state index is -0.404. The van der Waals surface area contributed by atoms with E-state index in [-0.39, 0.29) is 5.91 Å². The largest absolute Gasteiger partial charge is 0.492 e. The zero-order chi connectivity index (χ0) is 17.5. The molecule has 0 aliphatic carbocycles. The fraction of sp³-hybridized carbons (Fsp3) is 0.222. The Morgan fingerprint density at radius 2 is 1.58 bits per heavy atom. The molecular weight excluding hydrogens is 372 g/mol. The smallest absolute Gasteiger partial charge is 0.269 e. The Bertz CT molecular complexity index is 730. The number of ether oxygens (including phenoxy) is 1. The number of halogens is 1. The van der Waals surface area contributed by atoms with Crippen molar-refractivity contribution in [2.45, 2.75) is 20.3 Å². The molecule has 0 aliphatic rings. The molecule has 0 heterocycles. The molecule has 0 bridgehead atoms. The van der Waals surface area contributed by atoms with Crippen LogP contribution in [0.1, 0.15) is 39.6 Å². The highest BCUT2D eigenvalue weighted by atomic mass is 79.9. The lowest BCUT2D eigenvalue weighted by Gasteiger charge is -2.10. The number of hydrogen-bond donors (Lipinski definition) is 2. The van der Waals surface area contributed by atoms with Gasteiger partial charge in [0.05, 0.1) is 11.1 Å². The summed E-state index contributed by atoms with van der Waals surface area (Å²) in [6.45, 7) is 4.57. The molecule has 0 radical (unpaired) electrons. The quantitative estimate of drug-likeness (QED) is 0.766. The van der Waals surface area contributed by atoms with E-state index < -0.39 is 5.91 Å². The number of hydrazine groups is 1. The first-order valence-electron chi connectivity index (χ1n) is 7.61. The summed E-state index contributed by atoms with van der Waals surface area (Å²) in [5, 5.41) is 0. The van der Waals surface area contributed by atoms with E-state index in [0.29, 0.717) is 28.0 Å². The number of amides is 2. The summed E-state index contributed by atoms with van der Waals surface area (Å²) in [6, 6.07) is 12.1. The van der Waals surface area contributed by atoms with Gasteiger partial charge in [-0.25, -0.2) is 0 Å². The lowest BCUT2D eigenvalue weighted by Crippen LogP contribution is -2.41. The van der Waals surface area contributed by atoms with E-state index >= 15 is 0 Å². The van der Waals surface area contributed by atoms with E-state index in [1.807, 2.05) is 26.0 Å². The van der Waals surface area contributed by atoms with Crippen molar-refractivity contribution >= 4 is 27.7 Å². The van der Waals surface area contributed by atoms with Gasteiger partial charge in [0.25, 0.3) is 11.8 Å². The minimum Gasteiger partial charge on any atom is -0.492 e. The highest BCUT2D eigenvalue weighted by molar-refractivity contribution is 9.10. The van der Waals surface area contributed by atoms with Gasteiger partial charge in [-0.2, -0.15) is 0 Å². The third kappa shape index (κ3) is 4.83. The molecular formula is C18H19BrN2O3. The van der Waals surface area contributed by atoms with Crippen LogP contribution in [0, 0.1) is 6.92 Å². The van der Waals surface area contributed by atoms with Gasteiger partial charge in [-0.15, -0.1) is 0 Å². The molecule has 0 spiro atoms. The van der Waals surface area contributed by atoms with Crippen molar-refractivity contribution < 1.29 is 14.3 Å². The van der Waals surface area contributed by atoms with Crippen LogP contribution in [0.3, 0.4) is 0 Å². The molecule has 2 amide bonds. The molecule has 2 N–H and O–H groups in total. The fourth-order valence-corrected chi connectivity index (χ4v) is 2.43. The molecule has 6 heteroatoms. The van der Waals surface area contributed by atoms with Crippen molar-refractivity contribution in [3.05, 3.63) is 63.6 Å². The van der Waals surface area contributed by atoms with Gasteiger partial charge in [0, 0.05) is 11.1 Å². The van der Waals surface area contributed by atoms with Gasteiger partial charge < -0.3 is 4.74 Å². The van der Waals surface area contributed by atoms with Crippen LogP contribution in [-0.2, 0) is 0 Å². The molecule has 0 atom stereocenters. The first-order valence-corrected chi connectivity index (χ1v) is 8.40. The lowest BCUT2D eigenvalue weighted by molar-refractivity contribution is 0.0846. The van der Waals surface area contributed by atoms with Gasteiger partial charge >= 0.3 is 0 Å². The van der Waals surface area contributed by atoms with Crippen LogP contribution >= 0.6 is 15.9 Å². The average Bonchev–Trinajstić information content (AvgIpc) is 2.59. The maximum atomic E-state index is 12.1. The van der Waals surface area contributed by atoms with Crippen LogP contribution in [0.5, 0.6) is 5.75 Å². The van der Waals surface area contributed by atoms with E-state index in [4.69, 9.17) is 4.74 Å². The molecule has 5 nitrogen and oxygen atoms in total. The van der Waals surface area contributed by atoms with Gasteiger partial charge in [-0.3, -0.25) is 20.4 Å². The Kier molecular flexibility index (Phi) is 6.37. The Morgan fingerprint density at radius 3 is 2.17 bits per heavy atom. The Hall–Kier alpha value is -2.34. The van der Waals surface area contributed by atoms with Crippen molar-refractivity contribution in [2.24, 2.45) is 0 Å². The molecule has 0 unspecified atom stereocenters. The van der Waals surface area contributed by atoms with Crippen LogP contribution in [0.4, 0.5) is 0 Å². The second-order valence-electron chi connectivity index (χ2n) is 5.27. The molecule has 2 rings (SSSR count). The maximum absolute atomic E-state index is 12.1. The Labute approximate surface area is 149 Å². The number of hydrogen-bond acceptors (Lipinski definition) is 3. The normalized spacial score (nSPS) is 10.1. The zero-order valence-electron chi connectivity index (χ0n) is 13.6. The molecule has 0 saturated carbocycles. The second-order valence-corrected chi connectivity index (χ2v) is 6.12. The zero-order valence-corrected chi connectivity index (χ0v) is 15.1. The van der Waals surface area contributed by atoms with Crippen LogP contribution < -0.4 is 15.6 Å². The second kappa shape index (κ2) is 8.49. The summed E-state index contributed by atoms with van der Waals surface area (Å²) in [4.78, 5) is 24.1. The van der Waals surface area contributed by atoms with Crippen molar-refractivity contribution in [2.75, 3.05) is 6.61 Å². The van der Waals surface area contributed by atoms with Crippen molar-refractivity contribution in [1.29, 1.82) is 0 Å². The maximum Gasteiger partial charge on any atom is 0.269 e. The number of aryl methyl sites for hydroxylation is 1. The Morgan fingerprint density at radius 1 is 1.00 bits per heavy atom. The van der Waals surface area contributed by atoms with E-state index in [0.717, 1.165) is 12.0 Å². The summed E-state index contributed by atoms with van der Waals surface area (Å²) in [6.07, 6.45) is 0.902. The molecule has 2 aromatic carbocycles. The average molecular weight is 391 g/mol. The molecule has 126 valence electrons. The van der Waals surface area contributed by atoms with E-state index in [1.54, 1.807) is 30.3 Å². The highest BCUT2D eigenvalue weighted by Crippen LogP contribution is 2.26. The third-order valence-electron chi connectivity index (χ3n) is 3.26. The summed E-state index contributed by atoms with van der Waals surface area (Å²) in [7, 11) is 0. The highest BCUT2D eigenvalue weighted by Gasteiger charge is 2.11. The summed E-state index contributed by atoms with van der Waals surface area (Å²) >= 11 is 3.38. The van der Waals surface area contributed by atoms with Crippen LogP contribution in [0.2, 0.25) is 0 Å². The predicted molar refractivity (Wildman–Crippen MR) is 96.0 cm³/mol. The predicted octanol–water partition coefficient (Wildman–Crippen LogP) is 3.62. The number of nitrogens with one attached hydrogen (secondary N) is 2. The number of carbonyl (C=O) groups excluding carboxylic acids is 2. The fourth-order valence-electron chi connectivity index (χ4n) is 1.93. The molecule has 2 aromatic rings. The molecule has 0 aromatic heterocycles. The van der Waals surface area contributed by atoms with Gasteiger partial charge in [-0.05, 0) is 59.6 Å². The third-order valence-corrected chi connectivity index (χ3v) is 3.88. The van der Waals surface area contributed by atoms with Crippen molar-refractivity contribution in [3.63, 3.8) is 0 Å². The monoisotopic (exact) mass is 390 g/mol. The first-order chi connectivity index (χ1) is 11.5. The topological polar surface area (TPSA) is 67.4 Å². The lowest BCUT2D eigenvalue weighted by atomic mass is 10.1. The molecule has 24 heavy (non-hydrogen) atoms. The van der Waals surface area contributed by atoms with Crippen molar-refractivity contribution in [3.8, 4) is 5.75 Å². The number of rotatable bonds is 5. The van der Waals surface area contributed by atoms with Gasteiger partial charge in [0.1, 0.15) is 5.75 Å². The van der Waals surface area contributed by atoms with Crippen LogP contribution in [0.15, 0.2) is 46.9 Å². The molecule has 0 fully saturated rings. The van der Waals surface area contributed by atoms with E-state index in [1.165, 1.54) is 0 Å². The Balaban J connectivity index is 1.95. The SMILES string of the molecule is CCCOc1ccc(C(=O)NNC(=O)c2ccc(C)cc2)cc1Br. The summed E-state index contributed by atoms with van der Waals surface area (Å²) in [5.41, 5.74) is 6.75. The van der Waals surface area contributed by atoms with E-state index in [2.05, 4.69) is 26.8 Å². The van der Waals surface area contributed by atoms with E-state index in [9.17, 15) is 9.59 Å². The van der Waals surface area contributed by atoms with Gasteiger partial charge in [-0.1, -0.05) is 24.6 Å². The minimum absolute atomic E-state index is 0.370. The van der Waals surface area contributed by atoms with Crippen LogP contribution in [0.25, 0.3) is 0 Å². The molecule has 0 saturated heterocycles. The van der Waals surface area contributed by atoms with Crippen LogP contribution in [-0.4, -0.2) is 18.4 Å². The number of benzene rings is 2. The van der Waals surface area contributed by atoms with Gasteiger partial charge in [0.2, 0.25) is 0 Å². The summed E-state index contributed by atoms with van der Waals surface area (Å²) < 4.78 is 6.23. The van der Waals surface area contributed by atoms with Gasteiger partial charge in [0.15, 0.2) is 0 Å².